The highest BCUT2D eigenvalue weighted by Gasteiger charge is 2.22. The lowest BCUT2D eigenvalue weighted by molar-refractivity contribution is 0.128. The van der Waals surface area contributed by atoms with Crippen molar-refractivity contribution < 1.29 is 4.74 Å². The Bertz CT molecular complexity index is 583. The van der Waals surface area contributed by atoms with E-state index in [1.165, 1.54) is 5.56 Å². The quantitative estimate of drug-likeness (QED) is 0.912. The van der Waals surface area contributed by atoms with Gasteiger partial charge in [0.15, 0.2) is 5.82 Å². The maximum atomic E-state index is 5.59. The van der Waals surface area contributed by atoms with Crippen LogP contribution in [0.5, 0.6) is 0 Å². The number of hydrogen-bond acceptors (Lipinski definition) is 4. The summed E-state index contributed by atoms with van der Waals surface area (Å²) in [5.41, 5.74) is 4.45. The second kappa shape index (κ2) is 5.07. The summed E-state index contributed by atoms with van der Waals surface area (Å²) >= 11 is 0. The number of nitrogens with one attached hydrogen (secondary N) is 1. The molecule has 4 heteroatoms. The maximum absolute atomic E-state index is 5.59. The average molecular weight is 255 g/mol. The van der Waals surface area contributed by atoms with E-state index in [1.54, 1.807) is 7.11 Å². The molecule has 1 aliphatic rings. The average Bonchev–Trinajstić information content (AvgIpc) is 2.90. The summed E-state index contributed by atoms with van der Waals surface area (Å²) < 4.78 is 5.59. The van der Waals surface area contributed by atoms with E-state index >= 15 is 0 Å². The molecule has 1 aromatic heterocycles. The molecule has 0 fully saturated rings. The van der Waals surface area contributed by atoms with E-state index in [4.69, 9.17) is 4.74 Å². The molecule has 1 atom stereocenters. The highest BCUT2D eigenvalue weighted by atomic mass is 16.5. The van der Waals surface area contributed by atoms with Gasteiger partial charge in [0.25, 0.3) is 0 Å². The molecule has 0 bridgehead atoms. The molecule has 0 spiro atoms. The lowest BCUT2D eigenvalue weighted by Crippen LogP contribution is -2.11. The zero-order valence-corrected chi connectivity index (χ0v) is 11.2. The van der Waals surface area contributed by atoms with E-state index in [9.17, 15) is 0 Å². The van der Waals surface area contributed by atoms with E-state index in [2.05, 4.69) is 15.3 Å². The number of benzene rings is 1. The van der Waals surface area contributed by atoms with Crippen molar-refractivity contribution in [1.82, 2.24) is 15.3 Å². The molecule has 2 heterocycles. The van der Waals surface area contributed by atoms with Crippen molar-refractivity contribution in [2.45, 2.75) is 26.1 Å². The van der Waals surface area contributed by atoms with E-state index < -0.39 is 0 Å². The Morgan fingerprint density at radius 2 is 1.95 bits per heavy atom. The molecule has 19 heavy (non-hydrogen) atoms. The number of nitrogens with zero attached hydrogens (tertiary/aromatic N) is 2. The summed E-state index contributed by atoms with van der Waals surface area (Å²) in [5.74, 6) is 0.744. The van der Waals surface area contributed by atoms with Gasteiger partial charge in [0.2, 0.25) is 0 Å². The van der Waals surface area contributed by atoms with Crippen molar-refractivity contribution in [2.24, 2.45) is 0 Å². The van der Waals surface area contributed by atoms with Gasteiger partial charge in [-0.3, -0.25) is 0 Å². The predicted octanol–water partition coefficient (Wildman–Crippen LogP) is 2.12. The van der Waals surface area contributed by atoms with Crippen LogP contribution in [0.1, 0.15) is 34.4 Å². The van der Waals surface area contributed by atoms with Crippen LogP contribution in [0.4, 0.5) is 0 Å². The monoisotopic (exact) mass is 255 g/mol. The van der Waals surface area contributed by atoms with Gasteiger partial charge in [-0.25, -0.2) is 9.97 Å². The first-order valence-corrected chi connectivity index (χ1v) is 6.44. The second-order valence-corrected chi connectivity index (χ2v) is 4.72. The van der Waals surface area contributed by atoms with Gasteiger partial charge in [-0.15, -0.1) is 0 Å². The van der Waals surface area contributed by atoms with Crippen LogP contribution in [-0.4, -0.2) is 17.1 Å². The highest BCUT2D eigenvalue weighted by molar-refractivity contribution is 5.31. The lowest BCUT2D eigenvalue weighted by Gasteiger charge is -2.16. The number of aromatic nitrogens is 2. The van der Waals surface area contributed by atoms with Crippen molar-refractivity contribution in [3.63, 3.8) is 0 Å². The summed E-state index contributed by atoms with van der Waals surface area (Å²) in [6.07, 6.45) is -0.203. The summed E-state index contributed by atoms with van der Waals surface area (Å²) in [4.78, 5) is 9.28. The van der Waals surface area contributed by atoms with Gasteiger partial charge in [0, 0.05) is 31.5 Å². The number of ether oxygens (including phenoxy) is 1. The molecular formula is C15H17N3O. The smallest absolute Gasteiger partial charge is 0.162 e. The molecule has 4 nitrogen and oxygen atoms in total. The number of rotatable bonds is 3. The highest BCUT2D eigenvalue weighted by Crippen LogP contribution is 2.25. The summed E-state index contributed by atoms with van der Waals surface area (Å²) in [5, 5.41) is 3.31. The molecule has 3 rings (SSSR count). The van der Waals surface area contributed by atoms with Crippen molar-refractivity contribution in [2.75, 3.05) is 7.11 Å². The van der Waals surface area contributed by atoms with Gasteiger partial charge in [0.05, 0.1) is 5.69 Å². The summed E-state index contributed by atoms with van der Waals surface area (Å²) in [7, 11) is 1.70. The Balaban J connectivity index is 2.03. The van der Waals surface area contributed by atoms with Crippen LogP contribution in [0.15, 0.2) is 30.3 Å². The van der Waals surface area contributed by atoms with Crippen molar-refractivity contribution in [1.29, 1.82) is 0 Å². The normalized spacial score (nSPS) is 15.3. The van der Waals surface area contributed by atoms with Gasteiger partial charge in [-0.05, 0) is 12.5 Å². The van der Waals surface area contributed by atoms with Crippen LogP contribution >= 0.6 is 0 Å². The van der Waals surface area contributed by atoms with Crippen molar-refractivity contribution >= 4 is 0 Å². The SMILES string of the molecule is COC(c1ccccc1)c1nc(C)c2c(n1)CNC2. The van der Waals surface area contributed by atoms with Crippen LogP contribution in [0.3, 0.4) is 0 Å². The van der Waals surface area contributed by atoms with Crippen molar-refractivity contribution in [3.05, 3.63) is 58.7 Å². The Kier molecular flexibility index (Phi) is 3.27. The minimum atomic E-state index is -0.203. The molecule has 0 radical (unpaired) electrons. The predicted molar refractivity (Wildman–Crippen MR) is 72.6 cm³/mol. The fourth-order valence-electron chi connectivity index (χ4n) is 2.50. The largest absolute Gasteiger partial charge is 0.369 e. The summed E-state index contributed by atoms with van der Waals surface area (Å²) in [6, 6.07) is 10.1. The second-order valence-electron chi connectivity index (χ2n) is 4.72. The van der Waals surface area contributed by atoms with Crippen LogP contribution in [0.25, 0.3) is 0 Å². The first-order chi connectivity index (χ1) is 9.29. The molecule has 0 amide bonds. The molecule has 2 aromatic rings. The Morgan fingerprint density at radius 3 is 2.68 bits per heavy atom. The number of fused-ring (bicyclic) bond motifs is 1. The van der Waals surface area contributed by atoms with Gasteiger partial charge in [-0.1, -0.05) is 30.3 Å². The molecular weight excluding hydrogens is 238 g/mol. The molecule has 0 saturated carbocycles. The molecule has 98 valence electrons. The minimum Gasteiger partial charge on any atom is -0.369 e. The zero-order chi connectivity index (χ0) is 13.2. The fraction of sp³-hybridized carbons (Fsp3) is 0.333. The lowest BCUT2D eigenvalue weighted by atomic mass is 10.1. The first kappa shape index (κ1) is 12.3. The van der Waals surface area contributed by atoms with Gasteiger partial charge < -0.3 is 10.1 Å². The minimum absolute atomic E-state index is 0.203. The first-order valence-electron chi connectivity index (χ1n) is 6.44. The third kappa shape index (κ3) is 2.25. The number of aryl methyl sites for hydroxylation is 1. The van der Waals surface area contributed by atoms with Crippen molar-refractivity contribution in [3.8, 4) is 0 Å². The van der Waals surface area contributed by atoms with Crippen LogP contribution in [0.2, 0.25) is 0 Å². The Labute approximate surface area is 112 Å². The van der Waals surface area contributed by atoms with Gasteiger partial charge in [-0.2, -0.15) is 0 Å². The zero-order valence-electron chi connectivity index (χ0n) is 11.2. The summed E-state index contributed by atoms with van der Waals surface area (Å²) in [6.45, 7) is 3.72. The fourth-order valence-corrected chi connectivity index (χ4v) is 2.50. The molecule has 1 unspecified atom stereocenters. The van der Waals surface area contributed by atoms with Crippen LogP contribution in [-0.2, 0) is 17.8 Å². The van der Waals surface area contributed by atoms with Gasteiger partial charge in [0.1, 0.15) is 6.10 Å². The molecule has 1 aromatic carbocycles. The maximum Gasteiger partial charge on any atom is 0.162 e. The number of methoxy groups -OCH3 is 1. The standard InChI is InChI=1S/C15H17N3O/c1-10-12-8-16-9-13(12)18-15(17-10)14(19-2)11-6-4-3-5-7-11/h3-7,14,16H,8-9H2,1-2H3. The van der Waals surface area contributed by atoms with E-state index in [0.29, 0.717) is 0 Å². The van der Waals surface area contributed by atoms with E-state index in [0.717, 1.165) is 35.9 Å². The Hall–Kier alpha value is -1.78. The van der Waals surface area contributed by atoms with E-state index in [-0.39, 0.29) is 6.10 Å². The third-order valence-electron chi connectivity index (χ3n) is 3.48. The Morgan fingerprint density at radius 1 is 1.16 bits per heavy atom. The van der Waals surface area contributed by atoms with E-state index in [1.807, 2.05) is 37.3 Å². The molecule has 1 aliphatic heterocycles. The van der Waals surface area contributed by atoms with Crippen LogP contribution in [0, 0.1) is 6.92 Å². The molecule has 0 saturated heterocycles. The number of hydrogen-bond donors (Lipinski definition) is 1. The molecule has 0 aliphatic carbocycles. The molecule has 1 N–H and O–H groups in total. The third-order valence-corrected chi connectivity index (χ3v) is 3.48. The topological polar surface area (TPSA) is 47.0 Å². The van der Waals surface area contributed by atoms with Crippen LogP contribution < -0.4 is 5.32 Å². The van der Waals surface area contributed by atoms with Gasteiger partial charge >= 0.3 is 0 Å².